The van der Waals surface area contributed by atoms with Gasteiger partial charge in [-0.25, -0.2) is 0 Å². The van der Waals surface area contributed by atoms with Crippen molar-refractivity contribution in [3.05, 3.63) is 60.2 Å². The fourth-order valence-corrected chi connectivity index (χ4v) is 3.65. The monoisotopic (exact) mass is 326 g/mol. The fourth-order valence-electron chi connectivity index (χ4n) is 3.65. The van der Waals surface area contributed by atoms with E-state index >= 15 is 0 Å². The standard InChI is InChI=1S/C20H28N4/c1-22(2)18-10-8-17(9-11-18)20(16-21)24-14-12-23(13-15-24)19-6-4-3-5-7-19/h3-11,20H,12-16,21H2,1-2H3/p+2/t20-/m0/s1. The Bertz CT molecular complexity index is 616. The Morgan fingerprint density at radius 2 is 1.62 bits per heavy atom. The van der Waals surface area contributed by atoms with Gasteiger partial charge in [-0.2, -0.15) is 0 Å². The molecular weight excluding hydrogens is 296 g/mol. The number of anilines is 2. The number of para-hydroxylation sites is 1. The summed E-state index contributed by atoms with van der Waals surface area (Å²) in [6, 6.07) is 20.3. The summed E-state index contributed by atoms with van der Waals surface area (Å²) < 4.78 is 0. The summed E-state index contributed by atoms with van der Waals surface area (Å²) >= 11 is 0. The second-order valence-electron chi connectivity index (χ2n) is 6.81. The van der Waals surface area contributed by atoms with Gasteiger partial charge in [-0.05, 0) is 24.3 Å². The van der Waals surface area contributed by atoms with Gasteiger partial charge in [-0.1, -0.05) is 30.3 Å². The molecular formula is C20H30N4+2. The van der Waals surface area contributed by atoms with E-state index in [9.17, 15) is 0 Å². The second kappa shape index (κ2) is 7.69. The Hall–Kier alpha value is -2.04. The average Bonchev–Trinajstić information content (AvgIpc) is 2.64. The van der Waals surface area contributed by atoms with E-state index in [0.29, 0.717) is 6.04 Å². The molecule has 0 saturated carbocycles. The van der Waals surface area contributed by atoms with Gasteiger partial charge in [0, 0.05) is 31.0 Å². The van der Waals surface area contributed by atoms with Crippen LogP contribution in [0.3, 0.4) is 0 Å². The van der Waals surface area contributed by atoms with Crippen molar-refractivity contribution < 1.29 is 10.6 Å². The number of rotatable bonds is 5. The van der Waals surface area contributed by atoms with Crippen molar-refractivity contribution in [2.24, 2.45) is 0 Å². The first kappa shape index (κ1) is 16.8. The zero-order chi connectivity index (χ0) is 16.9. The van der Waals surface area contributed by atoms with Crippen LogP contribution in [0.1, 0.15) is 11.6 Å². The van der Waals surface area contributed by atoms with Crippen molar-refractivity contribution in [3.63, 3.8) is 0 Å². The predicted molar refractivity (Wildman–Crippen MR) is 101 cm³/mol. The lowest BCUT2D eigenvalue weighted by atomic mass is 10.0. The number of hydrogen-bond donors (Lipinski definition) is 2. The molecule has 1 heterocycles. The first-order valence-corrected chi connectivity index (χ1v) is 8.90. The van der Waals surface area contributed by atoms with E-state index in [1.807, 2.05) is 0 Å². The molecule has 3 rings (SSSR count). The zero-order valence-electron chi connectivity index (χ0n) is 14.9. The van der Waals surface area contributed by atoms with Crippen LogP contribution >= 0.6 is 0 Å². The van der Waals surface area contributed by atoms with E-state index in [2.05, 4.69) is 84.2 Å². The summed E-state index contributed by atoms with van der Waals surface area (Å²) in [5.41, 5.74) is 8.24. The third kappa shape index (κ3) is 3.71. The minimum Gasteiger partial charge on any atom is -0.378 e. The van der Waals surface area contributed by atoms with Crippen LogP contribution in [0.25, 0.3) is 0 Å². The number of quaternary nitrogens is 2. The van der Waals surface area contributed by atoms with Gasteiger partial charge >= 0.3 is 0 Å². The highest BCUT2D eigenvalue weighted by molar-refractivity contribution is 5.47. The van der Waals surface area contributed by atoms with Gasteiger partial charge in [0.05, 0.1) is 26.2 Å². The van der Waals surface area contributed by atoms with Crippen LogP contribution in [0.4, 0.5) is 11.4 Å². The lowest BCUT2D eigenvalue weighted by Gasteiger charge is -2.36. The summed E-state index contributed by atoms with van der Waals surface area (Å²) in [4.78, 5) is 6.31. The van der Waals surface area contributed by atoms with E-state index in [1.165, 1.54) is 30.0 Å². The molecule has 2 aromatic carbocycles. The van der Waals surface area contributed by atoms with E-state index < -0.39 is 0 Å². The van der Waals surface area contributed by atoms with E-state index in [-0.39, 0.29) is 0 Å². The highest BCUT2D eigenvalue weighted by Crippen LogP contribution is 2.17. The van der Waals surface area contributed by atoms with Crippen LogP contribution in [0.15, 0.2) is 54.6 Å². The Labute approximate surface area is 145 Å². The van der Waals surface area contributed by atoms with Crippen LogP contribution in [0.5, 0.6) is 0 Å². The molecule has 0 radical (unpaired) electrons. The van der Waals surface area contributed by atoms with Crippen LogP contribution in [-0.2, 0) is 0 Å². The molecule has 4 heteroatoms. The number of piperazine rings is 1. The molecule has 1 saturated heterocycles. The molecule has 1 atom stereocenters. The Morgan fingerprint density at radius 1 is 1.00 bits per heavy atom. The van der Waals surface area contributed by atoms with Crippen LogP contribution in [0, 0.1) is 0 Å². The average molecular weight is 326 g/mol. The molecule has 4 nitrogen and oxygen atoms in total. The van der Waals surface area contributed by atoms with Gasteiger partial charge in [-0.15, -0.1) is 0 Å². The molecule has 0 bridgehead atoms. The topological polar surface area (TPSA) is 38.6 Å². The number of nitrogens with one attached hydrogen (secondary N) is 1. The maximum atomic E-state index is 4.23. The summed E-state index contributed by atoms with van der Waals surface area (Å²) in [5, 5.41) is 0. The van der Waals surface area contributed by atoms with Crippen molar-refractivity contribution in [1.29, 1.82) is 0 Å². The normalized spacial score (nSPS) is 16.9. The van der Waals surface area contributed by atoms with Crippen molar-refractivity contribution in [3.8, 4) is 0 Å². The molecule has 0 spiro atoms. The molecule has 1 aliphatic rings. The van der Waals surface area contributed by atoms with Gasteiger partial charge in [0.1, 0.15) is 6.54 Å². The lowest BCUT2D eigenvalue weighted by molar-refractivity contribution is -0.938. The highest BCUT2D eigenvalue weighted by atomic mass is 15.3. The van der Waals surface area contributed by atoms with Crippen molar-refractivity contribution >= 4 is 11.4 Å². The SMILES string of the molecule is CN(C)c1ccc([C@H](C[NH3+])[NH+]2CCN(c3ccccc3)CC2)cc1. The summed E-state index contributed by atoms with van der Waals surface area (Å²) in [5.74, 6) is 0. The van der Waals surface area contributed by atoms with Crippen molar-refractivity contribution in [2.75, 3.05) is 56.6 Å². The molecule has 2 aromatic rings. The molecule has 1 aliphatic heterocycles. The quantitative estimate of drug-likeness (QED) is 0.837. The Morgan fingerprint density at radius 3 is 2.17 bits per heavy atom. The maximum absolute atomic E-state index is 4.23. The summed E-state index contributed by atoms with van der Waals surface area (Å²) in [6.45, 7) is 5.52. The molecule has 0 aliphatic carbocycles. The minimum absolute atomic E-state index is 0.499. The summed E-state index contributed by atoms with van der Waals surface area (Å²) in [6.07, 6.45) is 0. The van der Waals surface area contributed by atoms with E-state index in [0.717, 1.165) is 19.6 Å². The highest BCUT2D eigenvalue weighted by Gasteiger charge is 2.29. The first-order chi connectivity index (χ1) is 11.7. The van der Waals surface area contributed by atoms with E-state index in [4.69, 9.17) is 0 Å². The minimum atomic E-state index is 0.499. The molecule has 4 N–H and O–H groups in total. The molecule has 128 valence electrons. The molecule has 0 unspecified atom stereocenters. The smallest absolute Gasteiger partial charge is 0.163 e. The zero-order valence-corrected chi connectivity index (χ0v) is 14.9. The van der Waals surface area contributed by atoms with Gasteiger partial charge in [0.25, 0.3) is 0 Å². The van der Waals surface area contributed by atoms with Gasteiger partial charge in [0.15, 0.2) is 6.04 Å². The maximum Gasteiger partial charge on any atom is 0.163 e. The number of benzene rings is 2. The van der Waals surface area contributed by atoms with Crippen LogP contribution < -0.4 is 20.4 Å². The predicted octanol–water partition coefficient (Wildman–Crippen LogP) is 0.441. The largest absolute Gasteiger partial charge is 0.378 e. The van der Waals surface area contributed by atoms with Crippen molar-refractivity contribution in [1.82, 2.24) is 0 Å². The summed E-state index contributed by atoms with van der Waals surface area (Å²) in [7, 11) is 4.17. The number of hydrogen-bond acceptors (Lipinski definition) is 2. The van der Waals surface area contributed by atoms with Crippen molar-refractivity contribution in [2.45, 2.75) is 6.04 Å². The van der Waals surface area contributed by atoms with E-state index in [1.54, 1.807) is 4.90 Å². The first-order valence-electron chi connectivity index (χ1n) is 8.90. The molecule has 0 amide bonds. The second-order valence-corrected chi connectivity index (χ2v) is 6.81. The molecule has 1 fully saturated rings. The van der Waals surface area contributed by atoms with Gasteiger partial charge in [-0.3, -0.25) is 0 Å². The third-order valence-electron chi connectivity index (χ3n) is 5.12. The lowest BCUT2D eigenvalue weighted by Crippen LogP contribution is -3.16. The molecule has 0 aromatic heterocycles. The Balaban J connectivity index is 1.65. The van der Waals surface area contributed by atoms with Gasteiger partial charge < -0.3 is 20.4 Å². The van der Waals surface area contributed by atoms with Gasteiger partial charge in [0.2, 0.25) is 0 Å². The molecule has 24 heavy (non-hydrogen) atoms. The fraction of sp³-hybridized carbons (Fsp3) is 0.400. The van der Waals surface area contributed by atoms with Crippen LogP contribution in [-0.4, -0.2) is 46.8 Å². The van der Waals surface area contributed by atoms with Crippen LogP contribution in [0.2, 0.25) is 0 Å². The Kier molecular flexibility index (Phi) is 5.38. The number of nitrogens with zero attached hydrogens (tertiary/aromatic N) is 2. The third-order valence-corrected chi connectivity index (χ3v) is 5.12.